The van der Waals surface area contributed by atoms with Crippen molar-refractivity contribution in [2.24, 2.45) is 0 Å². The van der Waals surface area contributed by atoms with Crippen molar-refractivity contribution in [1.29, 1.82) is 0 Å². The lowest BCUT2D eigenvalue weighted by Crippen LogP contribution is -2.52. The van der Waals surface area contributed by atoms with Crippen LogP contribution in [0, 0.1) is 6.92 Å². The van der Waals surface area contributed by atoms with E-state index in [1.807, 2.05) is 36.9 Å². The molecule has 0 saturated carbocycles. The molecule has 2 heterocycles. The summed E-state index contributed by atoms with van der Waals surface area (Å²) in [5.41, 5.74) is 3.38. The summed E-state index contributed by atoms with van der Waals surface area (Å²) in [6.45, 7) is 11.7. The Hall–Kier alpha value is -2.34. The number of aryl methyl sites for hydroxylation is 1. The van der Waals surface area contributed by atoms with E-state index in [1.165, 1.54) is 0 Å². The van der Waals surface area contributed by atoms with Gasteiger partial charge in [0.15, 0.2) is 0 Å². The third-order valence-corrected chi connectivity index (χ3v) is 5.38. The summed E-state index contributed by atoms with van der Waals surface area (Å²) in [5, 5.41) is 3.62. The molecule has 29 heavy (non-hydrogen) atoms. The van der Waals surface area contributed by atoms with Crippen molar-refractivity contribution in [3.63, 3.8) is 0 Å². The average molecular weight is 416 g/mol. The second kappa shape index (κ2) is 9.44. The van der Waals surface area contributed by atoms with Gasteiger partial charge >= 0.3 is 6.03 Å². The van der Waals surface area contributed by atoms with Crippen LogP contribution in [0.25, 0.3) is 0 Å². The molecule has 0 aliphatic carbocycles. The van der Waals surface area contributed by atoms with Crippen molar-refractivity contribution in [3.8, 4) is 0 Å². The molecule has 0 radical (unpaired) electrons. The molecule has 1 aliphatic heterocycles. The molecule has 7 heteroatoms. The lowest BCUT2D eigenvalue weighted by molar-refractivity contribution is 0.195. The number of rotatable bonds is 5. The van der Waals surface area contributed by atoms with E-state index in [0.29, 0.717) is 25.6 Å². The van der Waals surface area contributed by atoms with Crippen LogP contribution in [-0.4, -0.2) is 53.6 Å². The largest absolute Gasteiger partial charge is 0.353 e. The zero-order valence-corrected chi connectivity index (χ0v) is 18.5. The highest BCUT2D eigenvalue weighted by Gasteiger charge is 2.25. The minimum Gasteiger partial charge on any atom is -0.353 e. The van der Waals surface area contributed by atoms with E-state index in [1.54, 1.807) is 0 Å². The van der Waals surface area contributed by atoms with Gasteiger partial charge in [0.2, 0.25) is 0 Å². The Labute approximate surface area is 178 Å². The molecule has 156 valence electrons. The average Bonchev–Trinajstić information content (AvgIpc) is 2.69. The number of piperazine rings is 1. The van der Waals surface area contributed by atoms with E-state index in [4.69, 9.17) is 21.6 Å². The van der Waals surface area contributed by atoms with Gasteiger partial charge in [0.05, 0.1) is 5.69 Å². The number of anilines is 1. The smallest absolute Gasteiger partial charge is 0.317 e. The van der Waals surface area contributed by atoms with Crippen LogP contribution in [0.3, 0.4) is 0 Å². The number of nitrogens with one attached hydrogen (secondary N) is 1. The quantitative estimate of drug-likeness (QED) is 0.801. The van der Waals surface area contributed by atoms with Gasteiger partial charge < -0.3 is 15.1 Å². The third-order valence-electron chi connectivity index (χ3n) is 5.14. The van der Waals surface area contributed by atoms with Crippen LogP contribution < -0.4 is 10.2 Å². The number of amides is 2. The van der Waals surface area contributed by atoms with Crippen molar-refractivity contribution in [2.45, 2.75) is 40.0 Å². The lowest BCUT2D eigenvalue weighted by atomic mass is 9.97. The summed E-state index contributed by atoms with van der Waals surface area (Å²) in [7, 11) is 0. The molecule has 1 N–H and O–H groups in total. The molecule has 1 aromatic heterocycles. The van der Waals surface area contributed by atoms with Gasteiger partial charge in [-0.2, -0.15) is 0 Å². The van der Waals surface area contributed by atoms with Crippen LogP contribution >= 0.6 is 11.6 Å². The number of hydrogen-bond acceptors (Lipinski definition) is 4. The highest BCUT2D eigenvalue weighted by molar-refractivity contribution is 6.30. The van der Waals surface area contributed by atoms with Crippen molar-refractivity contribution in [1.82, 2.24) is 20.2 Å². The van der Waals surface area contributed by atoms with Gasteiger partial charge in [-0.1, -0.05) is 37.6 Å². The molecule has 0 bridgehead atoms. The summed E-state index contributed by atoms with van der Waals surface area (Å²) in [5.74, 6) is 2.06. The highest BCUT2D eigenvalue weighted by Crippen LogP contribution is 2.30. The number of aromatic nitrogens is 2. The van der Waals surface area contributed by atoms with Crippen LogP contribution in [0.2, 0.25) is 5.02 Å². The fourth-order valence-electron chi connectivity index (χ4n) is 3.75. The van der Waals surface area contributed by atoms with Gasteiger partial charge in [-0.15, -0.1) is 0 Å². The molecule has 1 aliphatic rings. The van der Waals surface area contributed by atoms with Gasteiger partial charge in [0, 0.05) is 49.7 Å². The molecule has 1 aromatic carbocycles. The lowest BCUT2D eigenvalue weighted by Gasteiger charge is -2.36. The maximum Gasteiger partial charge on any atom is 0.317 e. The minimum atomic E-state index is 0.00744. The van der Waals surface area contributed by atoms with E-state index in [9.17, 15) is 4.79 Å². The Kier molecular flexibility index (Phi) is 6.96. The number of carbonyl (C=O) groups is 1. The van der Waals surface area contributed by atoms with Gasteiger partial charge in [-0.05, 0) is 37.5 Å². The third kappa shape index (κ3) is 5.18. The number of hydrogen-bond donors (Lipinski definition) is 1. The SMILES string of the molecule is CCNC(=O)N1CCN(c2nc(C)nc(C(C)C)c2Cc2cccc(Cl)c2)CC1. The molecule has 1 saturated heterocycles. The molecule has 2 aromatic rings. The van der Waals surface area contributed by atoms with Crippen molar-refractivity contribution in [2.75, 3.05) is 37.6 Å². The first-order chi connectivity index (χ1) is 13.9. The second-order valence-electron chi connectivity index (χ2n) is 7.73. The summed E-state index contributed by atoms with van der Waals surface area (Å²) in [6, 6.07) is 7.97. The normalized spacial score (nSPS) is 14.4. The number of carbonyl (C=O) groups excluding carboxylic acids is 1. The van der Waals surface area contributed by atoms with Gasteiger partial charge in [0.1, 0.15) is 11.6 Å². The maximum absolute atomic E-state index is 12.1. The zero-order valence-electron chi connectivity index (χ0n) is 17.7. The summed E-state index contributed by atoms with van der Waals surface area (Å²) in [4.78, 5) is 25.9. The molecular formula is C22H30ClN5O. The fraction of sp³-hybridized carbons (Fsp3) is 0.500. The number of benzene rings is 1. The van der Waals surface area contributed by atoms with E-state index in [2.05, 4.69) is 30.1 Å². The second-order valence-corrected chi connectivity index (χ2v) is 8.17. The highest BCUT2D eigenvalue weighted by atomic mass is 35.5. The first kappa shape index (κ1) is 21.4. The Morgan fingerprint density at radius 1 is 1.21 bits per heavy atom. The Morgan fingerprint density at radius 3 is 2.55 bits per heavy atom. The van der Waals surface area contributed by atoms with Crippen molar-refractivity contribution < 1.29 is 4.79 Å². The Balaban J connectivity index is 1.91. The number of nitrogens with zero attached hydrogens (tertiary/aromatic N) is 4. The predicted octanol–water partition coefficient (Wildman–Crippen LogP) is 4.00. The topological polar surface area (TPSA) is 61.4 Å². The van der Waals surface area contributed by atoms with Crippen molar-refractivity contribution >= 4 is 23.4 Å². The molecule has 2 amide bonds. The molecule has 1 fully saturated rings. The van der Waals surface area contributed by atoms with Crippen LogP contribution in [-0.2, 0) is 6.42 Å². The van der Waals surface area contributed by atoms with Gasteiger partial charge in [-0.3, -0.25) is 0 Å². The Morgan fingerprint density at radius 2 is 1.93 bits per heavy atom. The van der Waals surface area contributed by atoms with Gasteiger partial charge in [-0.25, -0.2) is 14.8 Å². The number of halogens is 1. The summed E-state index contributed by atoms with van der Waals surface area (Å²) in [6.07, 6.45) is 0.736. The predicted molar refractivity (Wildman–Crippen MR) is 118 cm³/mol. The van der Waals surface area contributed by atoms with E-state index in [-0.39, 0.29) is 6.03 Å². The maximum atomic E-state index is 12.1. The standard InChI is InChI=1S/C22H30ClN5O/c1-5-24-22(29)28-11-9-27(10-12-28)21-19(14-17-7-6-8-18(23)13-17)20(15(2)3)25-16(4)26-21/h6-8,13,15H,5,9-12,14H2,1-4H3,(H,24,29). The zero-order chi connectivity index (χ0) is 21.0. The molecule has 3 rings (SSSR count). The van der Waals surface area contributed by atoms with E-state index >= 15 is 0 Å². The van der Waals surface area contributed by atoms with Crippen LogP contribution in [0.4, 0.5) is 10.6 Å². The van der Waals surface area contributed by atoms with Gasteiger partial charge in [0.25, 0.3) is 0 Å². The van der Waals surface area contributed by atoms with Crippen LogP contribution in [0.1, 0.15) is 49.3 Å². The molecule has 0 atom stereocenters. The monoisotopic (exact) mass is 415 g/mol. The summed E-state index contributed by atoms with van der Waals surface area (Å²) < 4.78 is 0. The number of urea groups is 1. The Bertz CT molecular complexity index is 862. The molecular weight excluding hydrogens is 386 g/mol. The first-order valence-electron chi connectivity index (χ1n) is 10.3. The fourth-order valence-corrected chi connectivity index (χ4v) is 3.96. The first-order valence-corrected chi connectivity index (χ1v) is 10.7. The minimum absolute atomic E-state index is 0.00744. The van der Waals surface area contributed by atoms with E-state index < -0.39 is 0 Å². The van der Waals surface area contributed by atoms with E-state index in [0.717, 1.165) is 53.0 Å². The van der Waals surface area contributed by atoms with Crippen LogP contribution in [0.5, 0.6) is 0 Å². The summed E-state index contributed by atoms with van der Waals surface area (Å²) >= 11 is 6.21. The molecule has 6 nitrogen and oxygen atoms in total. The molecule has 0 unspecified atom stereocenters. The van der Waals surface area contributed by atoms with Crippen molar-refractivity contribution in [3.05, 3.63) is 51.9 Å². The van der Waals surface area contributed by atoms with Crippen LogP contribution in [0.15, 0.2) is 24.3 Å². The molecule has 0 spiro atoms.